The van der Waals surface area contributed by atoms with Gasteiger partial charge in [0.2, 0.25) is 0 Å². The Kier molecular flexibility index (Phi) is 3.59. The Morgan fingerprint density at radius 2 is 1.93 bits per heavy atom. The number of amides is 1. The van der Waals surface area contributed by atoms with Gasteiger partial charge in [0, 0.05) is 45.3 Å². The van der Waals surface area contributed by atoms with Gasteiger partial charge in [-0.05, 0) is 19.9 Å². The third-order valence-corrected chi connectivity index (χ3v) is 3.56. The van der Waals surface area contributed by atoms with Gasteiger partial charge in [0.1, 0.15) is 0 Å². The maximum atomic E-state index is 10.7. The third kappa shape index (κ3) is 2.69. The minimum atomic E-state index is 0.422. The lowest BCUT2D eigenvalue weighted by molar-refractivity contribution is 0.132. The van der Waals surface area contributed by atoms with E-state index < -0.39 is 0 Å². The number of piperazine rings is 1. The molecule has 0 N–H and O–H groups in total. The molecule has 2 aliphatic heterocycles. The minimum absolute atomic E-state index is 0.422. The molecule has 2 fully saturated rings. The van der Waals surface area contributed by atoms with E-state index in [-0.39, 0.29) is 0 Å². The van der Waals surface area contributed by atoms with Crippen molar-refractivity contribution in [2.24, 2.45) is 0 Å². The van der Waals surface area contributed by atoms with E-state index in [0.29, 0.717) is 6.04 Å². The van der Waals surface area contributed by atoms with Crippen LogP contribution in [0.25, 0.3) is 0 Å². The zero-order chi connectivity index (χ0) is 10.7. The van der Waals surface area contributed by atoms with Gasteiger partial charge < -0.3 is 9.80 Å². The van der Waals surface area contributed by atoms with Crippen molar-refractivity contribution in [3.8, 4) is 0 Å². The van der Waals surface area contributed by atoms with Gasteiger partial charge in [0.25, 0.3) is 0 Å². The quantitative estimate of drug-likeness (QED) is 0.643. The molecule has 2 aliphatic rings. The van der Waals surface area contributed by atoms with Crippen LogP contribution in [0.3, 0.4) is 0 Å². The monoisotopic (exact) mass is 210 g/mol. The van der Waals surface area contributed by atoms with Crippen LogP contribution >= 0.6 is 0 Å². The maximum absolute atomic E-state index is 10.7. The Bertz CT molecular complexity index is 214. The molecule has 1 radical (unpaired) electrons. The predicted molar refractivity (Wildman–Crippen MR) is 59.4 cm³/mol. The Morgan fingerprint density at radius 1 is 1.20 bits per heavy atom. The molecule has 0 bridgehead atoms. The predicted octanol–water partition coefficient (Wildman–Crippen LogP) is -0.235. The van der Waals surface area contributed by atoms with Crippen molar-refractivity contribution in [1.82, 2.24) is 14.7 Å². The summed E-state index contributed by atoms with van der Waals surface area (Å²) in [6, 6.07) is 0.422. The first kappa shape index (κ1) is 10.9. The second-order valence-electron chi connectivity index (χ2n) is 4.68. The molecule has 15 heavy (non-hydrogen) atoms. The Balaban J connectivity index is 1.78. The van der Waals surface area contributed by atoms with Crippen LogP contribution in [0, 0.1) is 0 Å². The van der Waals surface area contributed by atoms with Crippen molar-refractivity contribution < 1.29 is 4.79 Å². The highest BCUT2D eigenvalue weighted by Crippen LogP contribution is 2.16. The highest BCUT2D eigenvalue weighted by atomic mass is 16.1. The smallest absolute Gasteiger partial charge is 0.312 e. The summed E-state index contributed by atoms with van der Waals surface area (Å²) in [4.78, 5) is 17.4. The van der Waals surface area contributed by atoms with Gasteiger partial charge in [0.05, 0.1) is 0 Å². The fourth-order valence-electron chi connectivity index (χ4n) is 2.47. The zero-order valence-electron chi connectivity index (χ0n) is 9.48. The molecule has 0 aromatic heterocycles. The highest BCUT2D eigenvalue weighted by Gasteiger charge is 2.26. The molecule has 2 heterocycles. The summed E-state index contributed by atoms with van der Waals surface area (Å²) < 4.78 is 0. The molecule has 1 atom stereocenters. The molecular formula is C11H20N3O. The standard InChI is InChI=1S/C11H20N3O/c1-12-5-7-13(8-6-12)9-11-3-2-4-14(11)10-15/h11H,2-9H2,1H3. The topological polar surface area (TPSA) is 26.8 Å². The van der Waals surface area contributed by atoms with Crippen LogP contribution in [0.2, 0.25) is 0 Å². The van der Waals surface area contributed by atoms with Crippen molar-refractivity contribution >= 4 is 6.41 Å². The van der Waals surface area contributed by atoms with Crippen LogP contribution < -0.4 is 0 Å². The lowest BCUT2D eigenvalue weighted by atomic mass is 10.2. The van der Waals surface area contributed by atoms with E-state index in [1.807, 2.05) is 4.90 Å². The molecular weight excluding hydrogens is 190 g/mol. The maximum Gasteiger partial charge on any atom is 0.312 e. The van der Waals surface area contributed by atoms with Gasteiger partial charge in [-0.3, -0.25) is 9.69 Å². The van der Waals surface area contributed by atoms with E-state index in [4.69, 9.17) is 0 Å². The lowest BCUT2D eigenvalue weighted by Gasteiger charge is -2.35. The van der Waals surface area contributed by atoms with Gasteiger partial charge in [0.15, 0.2) is 0 Å². The summed E-state index contributed by atoms with van der Waals surface area (Å²) >= 11 is 0. The molecule has 0 aromatic carbocycles. The molecule has 1 amide bonds. The molecule has 2 rings (SSSR count). The largest absolute Gasteiger partial charge is 0.330 e. The summed E-state index contributed by atoms with van der Waals surface area (Å²) in [5, 5.41) is 0. The van der Waals surface area contributed by atoms with Crippen LogP contribution in [0.5, 0.6) is 0 Å². The van der Waals surface area contributed by atoms with Gasteiger partial charge in [-0.2, -0.15) is 0 Å². The molecule has 0 aromatic rings. The normalized spacial score (nSPS) is 29.7. The van der Waals surface area contributed by atoms with Crippen LogP contribution in [-0.4, -0.2) is 73.5 Å². The summed E-state index contributed by atoms with van der Waals surface area (Å²) in [6.07, 6.45) is 4.36. The Morgan fingerprint density at radius 3 is 2.60 bits per heavy atom. The summed E-state index contributed by atoms with van der Waals surface area (Å²) in [6.45, 7) is 6.53. The number of likely N-dealkylation sites (tertiary alicyclic amines) is 1. The SMILES string of the molecule is CN1CCN(CC2CCCN2[C]=O)CC1. The van der Waals surface area contributed by atoms with E-state index in [2.05, 4.69) is 23.3 Å². The van der Waals surface area contributed by atoms with E-state index >= 15 is 0 Å². The molecule has 0 saturated carbocycles. The third-order valence-electron chi connectivity index (χ3n) is 3.56. The minimum Gasteiger partial charge on any atom is -0.330 e. The fourth-order valence-corrected chi connectivity index (χ4v) is 2.47. The second-order valence-corrected chi connectivity index (χ2v) is 4.68. The van der Waals surface area contributed by atoms with Crippen LogP contribution in [0.1, 0.15) is 12.8 Å². The number of rotatable bonds is 3. The fraction of sp³-hybridized carbons (Fsp3) is 0.909. The zero-order valence-corrected chi connectivity index (χ0v) is 9.48. The van der Waals surface area contributed by atoms with Crippen LogP contribution in [-0.2, 0) is 4.79 Å². The van der Waals surface area contributed by atoms with E-state index in [0.717, 1.165) is 52.1 Å². The Labute approximate surface area is 91.8 Å². The van der Waals surface area contributed by atoms with Crippen molar-refractivity contribution in [2.75, 3.05) is 46.3 Å². The van der Waals surface area contributed by atoms with E-state index in [1.54, 1.807) is 0 Å². The first-order valence-electron chi connectivity index (χ1n) is 5.85. The molecule has 4 heteroatoms. The van der Waals surface area contributed by atoms with Crippen molar-refractivity contribution in [3.63, 3.8) is 0 Å². The van der Waals surface area contributed by atoms with Crippen LogP contribution in [0.15, 0.2) is 0 Å². The lowest BCUT2D eigenvalue weighted by Crippen LogP contribution is -2.49. The first-order chi connectivity index (χ1) is 7.29. The van der Waals surface area contributed by atoms with Gasteiger partial charge >= 0.3 is 6.41 Å². The van der Waals surface area contributed by atoms with E-state index in [9.17, 15) is 4.79 Å². The summed E-state index contributed by atoms with van der Waals surface area (Å²) in [5.74, 6) is 0. The van der Waals surface area contributed by atoms with Gasteiger partial charge in [-0.1, -0.05) is 0 Å². The molecule has 0 spiro atoms. The van der Waals surface area contributed by atoms with Crippen molar-refractivity contribution in [1.29, 1.82) is 0 Å². The number of hydrogen-bond acceptors (Lipinski definition) is 3. The second kappa shape index (κ2) is 4.94. The van der Waals surface area contributed by atoms with E-state index in [1.165, 1.54) is 0 Å². The highest BCUT2D eigenvalue weighted by molar-refractivity contribution is 5.49. The van der Waals surface area contributed by atoms with Gasteiger partial charge in [-0.15, -0.1) is 0 Å². The first-order valence-corrected chi connectivity index (χ1v) is 5.85. The number of carbonyl (C=O) groups excluding carboxylic acids is 1. The van der Waals surface area contributed by atoms with Crippen LogP contribution in [0.4, 0.5) is 0 Å². The number of likely N-dealkylation sites (N-methyl/N-ethyl adjacent to an activating group) is 1. The average Bonchev–Trinajstić information content (AvgIpc) is 2.69. The van der Waals surface area contributed by atoms with Crippen molar-refractivity contribution in [3.05, 3.63) is 0 Å². The molecule has 2 saturated heterocycles. The number of hydrogen-bond donors (Lipinski definition) is 0. The summed E-state index contributed by atoms with van der Waals surface area (Å²) in [7, 11) is 2.17. The molecule has 0 aliphatic carbocycles. The summed E-state index contributed by atoms with van der Waals surface area (Å²) in [5.41, 5.74) is 0. The molecule has 85 valence electrons. The van der Waals surface area contributed by atoms with Gasteiger partial charge in [-0.25, -0.2) is 0 Å². The van der Waals surface area contributed by atoms with Crippen molar-refractivity contribution in [2.45, 2.75) is 18.9 Å². The molecule has 1 unspecified atom stereocenters. The number of nitrogens with zero attached hydrogens (tertiary/aromatic N) is 3. The Hall–Kier alpha value is -0.610. The average molecular weight is 210 g/mol. The molecule has 4 nitrogen and oxygen atoms in total.